The van der Waals surface area contributed by atoms with Crippen LogP contribution in [0.3, 0.4) is 0 Å². The number of benzene rings is 2. The van der Waals surface area contributed by atoms with Crippen LogP contribution in [0.15, 0.2) is 48.7 Å². The van der Waals surface area contributed by atoms with Gasteiger partial charge in [0.25, 0.3) is 0 Å². The number of methoxy groups -OCH3 is 1. The third kappa shape index (κ3) is 1.76. The van der Waals surface area contributed by atoms with Crippen molar-refractivity contribution >= 4 is 21.7 Å². The minimum absolute atomic E-state index is 0.192. The van der Waals surface area contributed by atoms with Gasteiger partial charge in [0, 0.05) is 33.7 Å². The van der Waals surface area contributed by atoms with Crippen LogP contribution >= 0.6 is 0 Å². The molecule has 0 aliphatic rings. The second-order valence-corrected chi connectivity index (χ2v) is 5.04. The van der Waals surface area contributed by atoms with E-state index >= 15 is 0 Å². The van der Waals surface area contributed by atoms with Crippen LogP contribution in [0.25, 0.3) is 32.9 Å². The maximum Gasteiger partial charge on any atom is 0.197 e. The smallest absolute Gasteiger partial charge is 0.197 e. The van der Waals surface area contributed by atoms with Crippen LogP contribution in [0.1, 0.15) is 0 Å². The standard InChI is InChI=1S/C17H14N2O2/c1-21-12-5-6-14-11(7-12)8-15(19-14)13-4-2-3-10-9-18-17(20)16(10)13/h2-9,18-20H,1H3. The number of nitrogens with one attached hydrogen (secondary N) is 2. The molecule has 0 unspecified atom stereocenters. The Morgan fingerprint density at radius 2 is 1.95 bits per heavy atom. The molecule has 0 spiro atoms. The fourth-order valence-corrected chi connectivity index (χ4v) is 2.78. The molecule has 2 aromatic carbocycles. The molecule has 2 heterocycles. The Morgan fingerprint density at radius 1 is 1.05 bits per heavy atom. The Labute approximate surface area is 121 Å². The number of H-pyrrole nitrogens is 2. The Balaban J connectivity index is 1.98. The number of aromatic nitrogens is 2. The van der Waals surface area contributed by atoms with Crippen molar-refractivity contribution in [2.75, 3.05) is 7.11 Å². The number of aromatic hydroxyl groups is 1. The second kappa shape index (κ2) is 4.31. The van der Waals surface area contributed by atoms with E-state index in [1.54, 1.807) is 13.3 Å². The molecule has 21 heavy (non-hydrogen) atoms. The minimum atomic E-state index is 0.192. The molecule has 0 fully saturated rings. The van der Waals surface area contributed by atoms with Crippen molar-refractivity contribution in [2.45, 2.75) is 0 Å². The van der Waals surface area contributed by atoms with Crippen LogP contribution in [0, 0.1) is 0 Å². The highest BCUT2D eigenvalue weighted by atomic mass is 16.5. The average molecular weight is 278 g/mol. The Hall–Kier alpha value is -2.88. The Kier molecular flexibility index (Phi) is 2.44. The summed E-state index contributed by atoms with van der Waals surface area (Å²) in [7, 11) is 1.66. The van der Waals surface area contributed by atoms with E-state index in [2.05, 4.69) is 16.0 Å². The topological polar surface area (TPSA) is 61.0 Å². The summed E-state index contributed by atoms with van der Waals surface area (Å²) >= 11 is 0. The van der Waals surface area contributed by atoms with Crippen LogP contribution < -0.4 is 4.74 Å². The van der Waals surface area contributed by atoms with Gasteiger partial charge in [-0.05, 0) is 24.3 Å². The summed E-state index contributed by atoms with van der Waals surface area (Å²) in [5.41, 5.74) is 2.98. The van der Waals surface area contributed by atoms with Crippen LogP contribution in [-0.4, -0.2) is 22.2 Å². The average Bonchev–Trinajstić information content (AvgIpc) is 3.10. The van der Waals surface area contributed by atoms with Crippen molar-refractivity contribution in [3.05, 3.63) is 48.7 Å². The molecule has 3 N–H and O–H groups in total. The zero-order chi connectivity index (χ0) is 14.4. The Bertz CT molecular complexity index is 950. The number of aromatic amines is 2. The van der Waals surface area contributed by atoms with E-state index in [1.807, 2.05) is 36.4 Å². The summed E-state index contributed by atoms with van der Waals surface area (Å²) in [4.78, 5) is 6.25. The number of hydrogen-bond acceptors (Lipinski definition) is 2. The summed E-state index contributed by atoms with van der Waals surface area (Å²) < 4.78 is 5.26. The van der Waals surface area contributed by atoms with Crippen molar-refractivity contribution in [3.63, 3.8) is 0 Å². The summed E-state index contributed by atoms with van der Waals surface area (Å²) in [6.45, 7) is 0. The minimum Gasteiger partial charge on any atom is -0.497 e. The molecule has 4 rings (SSSR count). The van der Waals surface area contributed by atoms with Gasteiger partial charge in [0.05, 0.1) is 12.5 Å². The van der Waals surface area contributed by atoms with Crippen LogP contribution in [-0.2, 0) is 0 Å². The van der Waals surface area contributed by atoms with E-state index < -0.39 is 0 Å². The summed E-state index contributed by atoms with van der Waals surface area (Å²) in [6, 6.07) is 13.9. The van der Waals surface area contributed by atoms with E-state index in [4.69, 9.17) is 4.74 Å². The molecule has 104 valence electrons. The van der Waals surface area contributed by atoms with E-state index in [1.165, 1.54) is 0 Å². The molecule has 0 aliphatic heterocycles. The largest absolute Gasteiger partial charge is 0.497 e. The molecule has 0 saturated carbocycles. The van der Waals surface area contributed by atoms with Crippen LogP contribution in [0.4, 0.5) is 0 Å². The van der Waals surface area contributed by atoms with Gasteiger partial charge >= 0.3 is 0 Å². The zero-order valence-electron chi connectivity index (χ0n) is 11.5. The molecule has 0 bridgehead atoms. The molecule has 0 saturated heterocycles. The molecule has 4 nitrogen and oxygen atoms in total. The maximum atomic E-state index is 10.0. The second-order valence-electron chi connectivity index (χ2n) is 5.04. The van der Waals surface area contributed by atoms with E-state index in [9.17, 15) is 5.11 Å². The lowest BCUT2D eigenvalue weighted by atomic mass is 10.1. The van der Waals surface area contributed by atoms with Crippen molar-refractivity contribution in [2.24, 2.45) is 0 Å². The van der Waals surface area contributed by atoms with Gasteiger partial charge in [-0.2, -0.15) is 0 Å². The van der Waals surface area contributed by atoms with E-state index in [0.29, 0.717) is 0 Å². The molecule has 4 heteroatoms. The van der Waals surface area contributed by atoms with E-state index in [0.717, 1.165) is 38.7 Å². The van der Waals surface area contributed by atoms with Crippen LogP contribution in [0.5, 0.6) is 11.6 Å². The highest BCUT2D eigenvalue weighted by molar-refractivity contribution is 6.01. The monoisotopic (exact) mass is 278 g/mol. The third-order valence-electron chi connectivity index (χ3n) is 3.82. The fourth-order valence-electron chi connectivity index (χ4n) is 2.78. The highest BCUT2D eigenvalue weighted by Crippen LogP contribution is 2.35. The highest BCUT2D eigenvalue weighted by Gasteiger charge is 2.11. The lowest BCUT2D eigenvalue weighted by molar-refractivity contribution is 0.415. The molecular formula is C17H14N2O2. The normalized spacial score (nSPS) is 11.3. The van der Waals surface area contributed by atoms with E-state index in [-0.39, 0.29) is 5.88 Å². The number of rotatable bonds is 2. The van der Waals surface area contributed by atoms with Crippen molar-refractivity contribution < 1.29 is 9.84 Å². The lowest BCUT2D eigenvalue weighted by Crippen LogP contribution is -1.80. The van der Waals surface area contributed by atoms with Crippen molar-refractivity contribution in [1.29, 1.82) is 0 Å². The molecular weight excluding hydrogens is 264 g/mol. The van der Waals surface area contributed by atoms with Gasteiger partial charge in [-0.25, -0.2) is 0 Å². The molecule has 4 aromatic rings. The first-order valence-electron chi connectivity index (χ1n) is 6.72. The lowest BCUT2D eigenvalue weighted by Gasteiger charge is -2.01. The third-order valence-corrected chi connectivity index (χ3v) is 3.82. The van der Waals surface area contributed by atoms with Crippen LogP contribution in [0.2, 0.25) is 0 Å². The van der Waals surface area contributed by atoms with Gasteiger partial charge in [-0.3, -0.25) is 0 Å². The van der Waals surface area contributed by atoms with Gasteiger partial charge in [-0.1, -0.05) is 18.2 Å². The van der Waals surface area contributed by atoms with Gasteiger partial charge in [0.15, 0.2) is 5.88 Å². The summed E-state index contributed by atoms with van der Waals surface area (Å²) in [6.07, 6.45) is 1.81. The Morgan fingerprint density at radius 3 is 2.81 bits per heavy atom. The predicted molar refractivity (Wildman–Crippen MR) is 83.8 cm³/mol. The fraction of sp³-hybridized carbons (Fsp3) is 0.0588. The van der Waals surface area contributed by atoms with Crippen molar-refractivity contribution in [1.82, 2.24) is 9.97 Å². The molecule has 2 aromatic heterocycles. The molecule has 0 aliphatic carbocycles. The SMILES string of the molecule is COc1ccc2[nH]c(-c3cccc4c[nH]c(O)c34)cc2c1. The zero-order valence-corrected chi connectivity index (χ0v) is 11.5. The van der Waals surface area contributed by atoms with Gasteiger partial charge in [0.2, 0.25) is 0 Å². The molecule has 0 atom stereocenters. The first kappa shape index (κ1) is 11.9. The molecule has 0 amide bonds. The number of hydrogen-bond donors (Lipinski definition) is 3. The summed E-state index contributed by atoms with van der Waals surface area (Å²) in [5.74, 6) is 1.02. The first-order valence-corrected chi connectivity index (χ1v) is 6.72. The van der Waals surface area contributed by atoms with Crippen molar-refractivity contribution in [3.8, 4) is 22.9 Å². The van der Waals surface area contributed by atoms with Gasteiger partial charge < -0.3 is 19.8 Å². The number of fused-ring (bicyclic) bond motifs is 2. The molecule has 0 radical (unpaired) electrons. The number of ether oxygens (including phenoxy) is 1. The summed E-state index contributed by atoms with van der Waals surface area (Å²) in [5, 5.41) is 12.9. The van der Waals surface area contributed by atoms with Gasteiger partial charge in [-0.15, -0.1) is 0 Å². The van der Waals surface area contributed by atoms with Gasteiger partial charge in [0.1, 0.15) is 5.75 Å². The maximum absolute atomic E-state index is 10.0. The quantitative estimate of drug-likeness (QED) is 0.518. The predicted octanol–water partition coefficient (Wildman–Crippen LogP) is 4.03. The first-order chi connectivity index (χ1) is 10.3.